The molecule has 2 N–H and O–H groups in total. The molecule has 0 spiro atoms. The summed E-state index contributed by atoms with van der Waals surface area (Å²) in [6.45, 7) is 2.39. The van der Waals surface area contributed by atoms with Crippen molar-refractivity contribution in [2.45, 2.75) is 31.4 Å². The van der Waals surface area contributed by atoms with Gasteiger partial charge in [-0.05, 0) is 43.6 Å². The summed E-state index contributed by atoms with van der Waals surface area (Å²) in [7, 11) is 0. The monoisotopic (exact) mass is 400 g/mol. The van der Waals surface area contributed by atoms with Gasteiger partial charge < -0.3 is 15.2 Å². The molecule has 0 unspecified atom stereocenters. The Labute approximate surface area is 166 Å². The van der Waals surface area contributed by atoms with Crippen LogP contribution in [0.25, 0.3) is 16.7 Å². The van der Waals surface area contributed by atoms with Crippen LogP contribution in [0.1, 0.15) is 18.4 Å². The molecule has 2 aliphatic rings. The van der Waals surface area contributed by atoms with Crippen LogP contribution in [0, 0.1) is 0 Å². The Hall–Kier alpha value is -2.35. The number of benzene rings is 1. The highest BCUT2D eigenvalue weighted by Gasteiger charge is 2.30. The number of nitrogens with one attached hydrogen (secondary N) is 1. The van der Waals surface area contributed by atoms with Crippen LogP contribution in [0.2, 0.25) is 5.15 Å². The van der Waals surface area contributed by atoms with Gasteiger partial charge in [-0.15, -0.1) is 0 Å². The van der Waals surface area contributed by atoms with Crippen molar-refractivity contribution in [3.8, 4) is 11.4 Å². The van der Waals surface area contributed by atoms with Crippen molar-refractivity contribution in [2.24, 2.45) is 0 Å². The van der Waals surface area contributed by atoms with E-state index in [4.69, 9.17) is 16.3 Å². The number of rotatable bonds is 3. The SMILES string of the molecule is O=c1c2cc(Cl)n(-c3ccc4c(c3)OCC4)c2ncn1CC1(O)CCNCC1. The van der Waals surface area contributed by atoms with Crippen LogP contribution in [0.4, 0.5) is 0 Å². The van der Waals surface area contributed by atoms with Gasteiger partial charge in [-0.1, -0.05) is 17.7 Å². The minimum Gasteiger partial charge on any atom is -0.493 e. The molecule has 0 aliphatic carbocycles. The third-order valence-electron chi connectivity index (χ3n) is 5.68. The van der Waals surface area contributed by atoms with Gasteiger partial charge in [-0.3, -0.25) is 13.9 Å². The first-order valence-corrected chi connectivity index (χ1v) is 9.87. The molecule has 5 rings (SSSR count). The van der Waals surface area contributed by atoms with E-state index in [9.17, 15) is 9.90 Å². The number of fused-ring (bicyclic) bond motifs is 2. The number of aliphatic hydroxyl groups is 1. The number of hydrogen-bond donors (Lipinski definition) is 2. The third-order valence-corrected chi connectivity index (χ3v) is 5.96. The van der Waals surface area contributed by atoms with E-state index in [2.05, 4.69) is 10.3 Å². The second-order valence-electron chi connectivity index (χ2n) is 7.58. The van der Waals surface area contributed by atoms with Crippen LogP contribution in [0.15, 0.2) is 35.4 Å². The van der Waals surface area contributed by atoms with Crippen LogP contribution in [-0.4, -0.2) is 44.5 Å². The Morgan fingerprint density at radius 2 is 2.11 bits per heavy atom. The minimum absolute atomic E-state index is 0.199. The molecule has 4 heterocycles. The first-order valence-electron chi connectivity index (χ1n) is 9.50. The first-order chi connectivity index (χ1) is 13.5. The summed E-state index contributed by atoms with van der Waals surface area (Å²) in [5, 5.41) is 14.8. The van der Waals surface area contributed by atoms with Crippen LogP contribution >= 0.6 is 11.6 Å². The second kappa shape index (κ2) is 6.62. The zero-order chi connectivity index (χ0) is 19.3. The molecule has 0 radical (unpaired) electrons. The highest BCUT2D eigenvalue weighted by Crippen LogP contribution is 2.31. The highest BCUT2D eigenvalue weighted by molar-refractivity contribution is 6.31. The molecule has 0 atom stereocenters. The van der Waals surface area contributed by atoms with Gasteiger partial charge in [0.15, 0.2) is 5.65 Å². The summed E-state index contributed by atoms with van der Waals surface area (Å²) >= 11 is 6.47. The van der Waals surface area contributed by atoms with E-state index in [1.54, 1.807) is 10.6 Å². The van der Waals surface area contributed by atoms with E-state index in [0.717, 1.165) is 30.9 Å². The van der Waals surface area contributed by atoms with Crippen molar-refractivity contribution in [1.82, 2.24) is 19.4 Å². The molecule has 7 nitrogen and oxygen atoms in total. The van der Waals surface area contributed by atoms with Gasteiger partial charge in [0.05, 0.1) is 29.8 Å². The standard InChI is InChI=1S/C20H21ClN4O3/c21-17-10-15-18(25(17)14-2-1-13-3-8-28-16(13)9-14)23-12-24(19(15)26)11-20(27)4-6-22-7-5-20/h1-2,9-10,12,22,27H,3-8,11H2. The van der Waals surface area contributed by atoms with E-state index in [1.165, 1.54) is 16.5 Å². The van der Waals surface area contributed by atoms with Crippen LogP contribution in [0.3, 0.4) is 0 Å². The summed E-state index contributed by atoms with van der Waals surface area (Å²) < 4.78 is 8.89. The first kappa shape index (κ1) is 17.7. The average molecular weight is 401 g/mol. The van der Waals surface area contributed by atoms with Crippen molar-refractivity contribution in [1.29, 1.82) is 0 Å². The molecule has 1 saturated heterocycles. The Bertz CT molecular complexity index is 1110. The predicted octanol–water partition coefficient (Wildman–Crippen LogP) is 1.89. The summed E-state index contributed by atoms with van der Waals surface area (Å²) in [5.74, 6) is 0.844. The molecular formula is C20H21ClN4O3. The summed E-state index contributed by atoms with van der Waals surface area (Å²) in [4.78, 5) is 17.5. The lowest BCUT2D eigenvalue weighted by Crippen LogP contribution is -2.46. The molecule has 0 bridgehead atoms. The predicted molar refractivity (Wildman–Crippen MR) is 107 cm³/mol. The molecule has 1 fully saturated rings. The summed E-state index contributed by atoms with van der Waals surface area (Å²) in [6, 6.07) is 7.55. The van der Waals surface area contributed by atoms with Gasteiger partial charge in [0, 0.05) is 12.5 Å². The molecule has 0 amide bonds. The Balaban J connectivity index is 1.57. The van der Waals surface area contributed by atoms with Gasteiger partial charge in [-0.25, -0.2) is 4.98 Å². The molecule has 0 saturated carbocycles. The lowest BCUT2D eigenvalue weighted by Gasteiger charge is -2.32. The van der Waals surface area contributed by atoms with Gasteiger partial charge in [-0.2, -0.15) is 0 Å². The zero-order valence-corrected chi connectivity index (χ0v) is 16.1. The van der Waals surface area contributed by atoms with Crippen molar-refractivity contribution in [3.05, 3.63) is 51.7 Å². The van der Waals surface area contributed by atoms with E-state index >= 15 is 0 Å². The van der Waals surface area contributed by atoms with Crippen LogP contribution < -0.4 is 15.6 Å². The minimum atomic E-state index is -0.895. The average Bonchev–Trinajstić information content (AvgIpc) is 3.28. The van der Waals surface area contributed by atoms with E-state index in [-0.39, 0.29) is 12.1 Å². The summed E-state index contributed by atoms with van der Waals surface area (Å²) in [5.41, 5.74) is 1.38. The Morgan fingerprint density at radius 1 is 1.29 bits per heavy atom. The van der Waals surface area contributed by atoms with E-state index in [1.807, 2.05) is 18.2 Å². The maximum atomic E-state index is 13.0. The number of piperidine rings is 1. The molecule has 146 valence electrons. The second-order valence-corrected chi connectivity index (χ2v) is 7.97. The molecular weight excluding hydrogens is 380 g/mol. The van der Waals surface area contributed by atoms with Crippen LogP contribution in [0.5, 0.6) is 5.75 Å². The number of aromatic nitrogens is 3. The molecule has 2 aliphatic heterocycles. The smallest absolute Gasteiger partial charge is 0.262 e. The fourth-order valence-electron chi connectivity index (χ4n) is 4.11. The molecule has 8 heteroatoms. The van der Waals surface area contributed by atoms with Gasteiger partial charge in [0.25, 0.3) is 5.56 Å². The molecule has 28 heavy (non-hydrogen) atoms. The number of halogens is 1. The quantitative estimate of drug-likeness (QED) is 0.701. The zero-order valence-electron chi connectivity index (χ0n) is 15.3. The Morgan fingerprint density at radius 3 is 2.93 bits per heavy atom. The fourth-order valence-corrected chi connectivity index (χ4v) is 4.39. The lowest BCUT2D eigenvalue weighted by atomic mass is 9.92. The lowest BCUT2D eigenvalue weighted by molar-refractivity contribution is -0.00627. The number of ether oxygens (including phenoxy) is 1. The molecule has 2 aromatic heterocycles. The largest absolute Gasteiger partial charge is 0.493 e. The molecule has 3 aromatic rings. The van der Waals surface area contributed by atoms with Crippen molar-refractivity contribution in [2.75, 3.05) is 19.7 Å². The van der Waals surface area contributed by atoms with Crippen molar-refractivity contribution < 1.29 is 9.84 Å². The van der Waals surface area contributed by atoms with Gasteiger partial charge in [0.2, 0.25) is 0 Å². The normalized spacial score (nSPS) is 18.2. The van der Waals surface area contributed by atoms with Crippen molar-refractivity contribution >= 4 is 22.6 Å². The maximum Gasteiger partial charge on any atom is 0.262 e. The van der Waals surface area contributed by atoms with E-state index < -0.39 is 5.60 Å². The van der Waals surface area contributed by atoms with Gasteiger partial charge >= 0.3 is 0 Å². The van der Waals surface area contributed by atoms with E-state index in [0.29, 0.717) is 35.6 Å². The number of nitrogens with zero attached hydrogens (tertiary/aromatic N) is 3. The molecule has 1 aromatic carbocycles. The Kier molecular flexibility index (Phi) is 4.19. The topological polar surface area (TPSA) is 81.3 Å². The third kappa shape index (κ3) is 2.90. The maximum absolute atomic E-state index is 13.0. The fraction of sp³-hybridized carbons (Fsp3) is 0.400. The van der Waals surface area contributed by atoms with Crippen molar-refractivity contribution in [3.63, 3.8) is 0 Å². The number of hydrogen-bond acceptors (Lipinski definition) is 5. The summed E-state index contributed by atoms with van der Waals surface area (Å²) in [6.07, 6.45) is 3.61. The van der Waals surface area contributed by atoms with Gasteiger partial charge in [0.1, 0.15) is 17.2 Å². The highest BCUT2D eigenvalue weighted by atomic mass is 35.5. The van der Waals surface area contributed by atoms with Crippen LogP contribution in [-0.2, 0) is 13.0 Å².